The van der Waals surface area contributed by atoms with Crippen LogP contribution in [0, 0.1) is 23.7 Å². The number of halogens is 1. The van der Waals surface area contributed by atoms with Gasteiger partial charge in [-0.15, -0.1) is 0 Å². The zero-order valence-corrected chi connectivity index (χ0v) is 14.2. The van der Waals surface area contributed by atoms with Gasteiger partial charge in [-0.05, 0) is 32.4 Å². The van der Waals surface area contributed by atoms with Crippen molar-refractivity contribution in [3.63, 3.8) is 0 Å². The number of hydrogen-bond donors (Lipinski definition) is 1. The van der Waals surface area contributed by atoms with E-state index in [9.17, 15) is 14.9 Å². The molecule has 2 unspecified atom stereocenters. The summed E-state index contributed by atoms with van der Waals surface area (Å²) in [7, 11) is 0. The SMILES string of the molecule is CC1(C)CC(C([CH]C#N)n2c(C=O)cc3cccc(Cl)c32)C(=O)N1. The molecule has 3 rings (SSSR count). The number of nitrogens with zero attached hydrogens (tertiary/aromatic N) is 2. The van der Waals surface area contributed by atoms with Crippen LogP contribution in [0.5, 0.6) is 0 Å². The van der Waals surface area contributed by atoms with Crippen LogP contribution in [0.2, 0.25) is 5.02 Å². The molecule has 1 saturated heterocycles. The summed E-state index contributed by atoms with van der Waals surface area (Å²) in [4.78, 5) is 24.0. The minimum atomic E-state index is -0.561. The number of rotatable bonds is 4. The van der Waals surface area contributed by atoms with E-state index in [0.29, 0.717) is 22.7 Å². The highest BCUT2D eigenvalue weighted by Gasteiger charge is 2.43. The van der Waals surface area contributed by atoms with Gasteiger partial charge in [0.25, 0.3) is 0 Å². The Labute approximate surface area is 145 Å². The maximum absolute atomic E-state index is 12.4. The summed E-state index contributed by atoms with van der Waals surface area (Å²) in [5.41, 5.74) is 0.708. The van der Waals surface area contributed by atoms with Gasteiger partial charge in [0, 0.05) is 10.9 Å². The van der Waals surface area contributed by atoms with Gasteiger partial charge in [-0.1, -0.05) is 23.7 Å². The molecule has 0 aliphatic carbocycles. The topological polar surface area (TPSA) is 74.9 Å². The fourth-order valence-corrected chi connectivity index (χ4v) is 3.79. The molecular weight excluding hydrogens is 326 g/mol. The van der Waals surface area contributed by atoms with Crippen LogP contribution in [-0.4, -0.2) is 22.3 Å². The van der Waals surface area contributed by atoms with E-state index in [-0.39, 0.29) is 11.4 Å². The van der Waals surface area contributed by atoms with Crippen molar-refractivity contribution in [2.45, 2.75) is 31.8 Å². The quantitative estimate of drug-likeness (QED) is 0.866. The summed E-state index contributed by atoms with van der Waals surface area (Å²) < 4.78 is 1.71. The molecular formula is C18H17ClN3O2. The number of nitriles is 1. The second kappa shape index (κ2) is 5.95. The standard InChI is InChI=1S/C18H17ClN3O2/c1-18(2)9-13(17(24)21-18)15(6-7-20)22-12(10-23)8-11-4-3-5-14(19)16(11)22/h3-6,8,10,13,15H,9H2,1-2H3,(H,21,24). The van der Waals surface area contributed by atoms with Gasteiger partial charge in [0.1, 0.15) is 0 Å². The second-order valence-electron chi connectivity index (χ2n) is 6.70. The number of para-hydroxylation sites is 1. The van der Waals surface area contributed by atoms with Crippen LogP contribution in [-0.2, 0) is 4.79 Å². The van der Waals surface area contributed by atoms with E-state index in [4.69, 9.17) is 11.6 Å². The van der Waals surface area contributed by atoms with Crippen molar-refractivity contribution >= 4 is 34.7 Å². The number of amides is 1. The van der Waals surface area contributed by atoms with Crippen molar-refractivity contribution in [1.82, 2.24) is 9.88 Å². The average Bonchev–Trinajstić information content (AvgIpc) is 3.02. The molecule has 0 bridgehead atoms. The third-order valence-electron chi connectivity index (χ3n) is 4.45. The van der Waals surface area contributed by atoms with Crippen LogP contribution in [0.1, 0.15) is 36.8 Å². The van der Waals surface area contributed by atoms with Crippen LogP contribution in [0.3, 0.4) is 0 Å². The highest BCUT2D eigenvalue weighted by molar-refractivity contribution is 6.35. The van der Waals surface area contributed by atoms with Crippen molar-refractivity contribution in [2.75, 3.05) is 0 Å². The van der Waals surface area contributed by atoms with Gasteiger partial charge in [0.05, 0.1) is 40.7 Å². The Kier molecular flexibility index (Phi) is 4.10. The molecule has 123 valence electrons. The molecule has 1 aliphatic rings. The van der Waals surface area contributed by atoms with Crippen molar-refractivity contribution in [3.05, 3.63) is 41.4 Å². The minimum Gasteiger partial charge on any atom is -0.351 e. The molecule has 2 heterocycles. The maximum atomic E-state index is 12.4. The predicted molar refractivity (Wildman–Crippen MR) is 91.6 cm³/mol. The van der Waals surface area contributed by atoms with Crippen molar-refractivity contribution in [1.29, 1.82) is 5.26 Å². The van der Waals surface area contributed by atoms with Crippen LogP contribution in [0.15, 0.2) is 24.3 Å². The van der Waals surface area contributed by atoms with E-state index in [1.54, 1.807) is 22.8 Å². The predicted octanol–water partition coefficient (Wildman–Crippen LogP) is 3.29. The van der Waals surface area contributed by atoms with E-state index < -0.39 is 12.0 Å². The first kappa shape index (κ1) is 16.5. The zero-order chi connectivity index (χ0) is 17.5. The number of benzene rings is 1. The Balaban J connectivity index is 2.20. The largest absolute Gasteiger partial charge is 0.351 e. The molecule has 6 heteroatoms. The van der Waals surface area contributed by atoms with Gasteiger partial charge in [0.2, 0.25) is 5.91 Å². The van der Waals surface area contributed by atoms with Crippen molar-refractivity contribution in [3.8, 4) is 6.07 Å². The Morgan fingerprint density at radius 2 is 2.25 bits per heavy atom. The van der Waals surface area contributed by atoms with Gasteiger partial charge in [0.15, 0.2) is 6.29 Å². The molecule has 1 amide bonds. The van der Waals surface area contributed by atoms with Gasteiger partial charge in [-0.25, -0.2) is 0 Å². The molecule has 2 atom stereocenters. The molecule has 1 N–H and O–H groups in total. The lowest BCUT2D eigenvalue weighted by atomic mass is 9.89. The molecule has 0 spiro atoms. The number of hydrogen-bond acceptors (Lipinski definition) is 3. The van der Waals surface area contributed by atoms with E-state index in [0.717, 1.165) is 11.7 Å². The highest BCUT2D eigenvalue weighted by atomic mass is 35.5. The number of nitrogens with one attached hydrogen (secondary N) is 1. The molecule has 5 nitrogen and oxygen atoms in total. The minimum absolute atomic E-state index is 0.123. The summed E-state index contributed by atoms with van der Waals surface area (Å²) in [6.45, 7) is 3.88. The van der Waals surface area contributed by atoms with Crippen LogP contribution >= 0.6 is 11.6 Å². The first-order chi connectivity index (χ1) is 11.4. The highest BCUT2D eigenvalue weighted by Crippen LogP contribution is 2.39. The molecule has 0 saturated carbocycles. The Bertz CT molecular complexity index is 863. The van der Waals surface area contributed by atoms with Gasteiger partial charge in [-0.2, -0.15) is 5.26 Å². The number of carbonyl (C=O) groups excluding carboxylic acids is 2. The Hall–Kier alpha value is -2.32. The monoisotopic (exact) mass is 342 g/mol. The molecule has 2 aromatic rings. The molecule has 1 fully saturated rings. The summed E-state index contributed by atoms with van der Waals surface area (Å²) in [5, 5.41) is 13.5. The van der Waals surface area contributed by atoms with E-state index in [2.05, 4.69) is 5.32 Å². The first-order valence-electron chi connectivity index (χ1n) is 7.67. The van der Waals surface area contributed by atoms with Gasteiger partial charge >= 0.3 is 0 Å². The average molecular weight is 343 g/mol. The third-order valence-corrected chi connectivity index (χ3v) is 4.75. The van der Waals surface area contributed by atoms with Gasteiger partial charge < -0.3 is 9.88 Å². The normalized spacial score (nSPS) is 20.6. The smallest absolute Gasteiger partial charge is 0.225 e. The Morgan fingerprint density at radius 1 is 1.50 bits per heavy atom. The molecule has 24 heavy (non-hydrogen) atoms. The molecule has 1 aromatic heterocycles. The Morgan fingerprint density at radius 3 is 2.83 bits per heavy atom. The second-order valence-corrected chi connectivity index (χ2v) is 7.11. The number of aldehydes is 1. The van der Waals surface area contributed by atoms with Crippen LogP contribution < -0.4 is 5.32 Å². The fraction of sp³-hybridized carbons (Fsp3) is 0.333. The van der Waals surface area contributed by atoms with Crippen LogP contribution in [0.4, 0.5) is 0 Å². The van der Waals surface area contributed by atoms with Crippen molar-refractivity contribution in [2.24, 2.45) is 5.92 Å². The fourth-order valence-electron chi connectivity index (χ4n) is 3.52. The number of carbonyl (C=O) groups is 2. The lowest BCUT2D eigenvalue weighted by Crippen LogP contribution is -2.35. The third kappa shape index (κ3) is 2.67. The van der Waals surface area contributed by atoms with E-state index in [1.165, 1.54) is 6.42 Å². The first-order valence-corrected chi connectivity index (χ1v) is 8.05. The molecule has 1 radical (unpaired) electrons. The number of aromatic nitrogens is 1. The molecule has 1 aliphatic heterocycles. The van der Waals surface area contributed by atoms with E-state index >= 15 is 0 Å². The lowest BCUT2D eigenvalue weighted by molar-refractivity contribution is -0.123. The zero-order valence-electron chi connectivity index (χ0n) is 13.4. The summed E-state index contributed by atoms with van der Waals surface area (Å²) >= 11 is 6.34. The van der Waals surface area contributed by atoms with E-state index in [1.807, 2.05) is 26.0 Å². The maximum Gasteiger partial charge on any atom is 0.225 e. The van der Waals surface area contributed by atoms with Gasteiger partial charge in [-0.3, -0.25) is 9.59 Å². The number of fused-ring (bicyclic) bond motifs is 1. The summed E-state index contributed by atoms with van der Waals surface area (Å²) in [6.07, 6.45) is 2.70. The van der Waals surface area contributed by atoms with Crippen LogP contribution in [0.25, 0.3) is 10.9 Å². The lowest BCUT2D eigenvalue weighted by Gasteiger charge is -2.24. The molecule has 1 aromatic carbocycles. The summed E-state index contributed by atoms with van der Waals surface area (Å²) in [6, 6.07) is 8.59. The van der Waals surface area contributed by atoms with Crippen molar-refractivity contribution < 1.29 is 9.59 Å². The summed E-state index contributed by atoms with van der Waals surface area (Å²) in [5.74, 6) is -0.563.